The third-order valence-corrected chi connectivity index (χ3v) is 4.30. The highest BCUT2D eigenvalue weighted by atomic mass is 16.5. The van der Waals surface area contributed by atoms with E-state index in [4.69, 9.17) is 14.1 Å². The Bertz CT molecular complexity index is 1240. The first-order valence-corrected chi connectivity index (χ1v) is 8.15. The highest BCUT2D eigenvalue weighted by Gasteiger charge is 2.15. The van der Waals surface area contributed by atoms with E-state index in [1.165, 1.54) is 0 Å². The molecule has 5 aromatic rings. The fraction of sp³-hybridized carbons (Fsp3) is 0.0500. The van der Waals surface area contributed by atoms with Crippen molar-refractivity contribution in [2.45, 2.75) is 0 Å². The van der Waals surface area contributed by atoms with Crippen LogP contribution in [0, 0.1) is 0 Å². The summed E-state index contributed by atoms with van der Waals surface area (Å²) in [6.45, 7) is 0. The zero-order valence-electron chi connectivity index (χ0n) is 14.0. The lowest BCUT2D eigenvalue weighted by atomic mass is 10.1. The Morgan fingerprint density at radius 1 is 0.962 bits per heavy atom. The van der Waals surface area contributed by atoms with E-state index in [2.05, 4.69) is 9.97 Å². The Balaban J connectivity index is 1.78. The van der Waals surface area contributed by atoms with Gasteiger partial charge in [-0.15, -0.1) is 0 Å². The van der Waals surface area contributed by atoms with Crippen molar-refractivity contribution in [3.8, 4) is 23.0 Å². The smallest absolute Gasteiger partial charge is 0.236 e. The van der Waals surface area contributed by atoms with E-state index in [0.29, 0.717) is 17.2 Å². The van der Waals surface area contributed by atoms with Crippen molar-refractivity contribution < 1.29 is 9.15 Å². The van der Waals surface area contributed by atoms with Crippen LogP contribution in [-0.2, 0) is 0 Å². The van der Waals surface area contributed by atoms with Gasteiger partial charge < -0.3 is 9.15 Å². The van der Waals surface area contributed by atoms with Gasteiger partial charge in [0.05, 0.1) is 24.4 Å². The van der Waals surface area contributed by atoms with Crippen molar-refractivity contribution in [1.82, 2.24) is 19.5 Å². The highest BCUT2D eigenvalue weighted by Crippen LogP contribution is 2.30. The molecular formula is C20H14N4O2. The van der Waals surface area contributed by atoms with Gasteiger partial charge in [-0.1, -0.05) is 24.3 Å². The number of hydrogen-bond acceptors (Lipinski definition) is 5. The van der Waals surface area contributed by atoms with E-state index < -0.39 is 0 Å². The molecule has 0 N–H and O–H groups in total. The summed E-state index contributed by atoms with van der Waals surface area (Å²) in [6, 6.07) is 17.5. The van der Waals surface area contributed by atoms with Gasteiger partial charge in [-0.3, -0.25) is 4.57 Å². The predicted octanol–water partition coefficient (Wildman–Crippen LogP) is 4.24. The maximum absolute atomic E-state index is 5.65. The molecule has 0 bridgehead atoms. The molecule has 0 saturated heterocycles. The summed E-state index contributed by atoms with van der Waals surface area (Å²) in [7, 11) is 1.64. The van der Waals surface area contributed by atoms with Gasteiger partial charge in [0.25, 0.3) is 0 Å². The number of fused-ring (bicyclic) bond motifs is 2. The van der Waals surface area contributed by atoms with Crippen molar-refractivity contribution >= 4 is 22.1 Å². The molecule has 2 aromatic carbocycles. The van der Waals surface area contributed by atoms with Crippen LogP contribution in [0.15, 0.2) is 71.6 Å². The number of para-hydroxylation sites is 2. The number of furan rings is 1. The minimum absolute atomic E-state index is 0.547. The quantitative estimate of drug-likeness (QED) is 0.491. The third-order valence-electron chi connectivity index (χ3n) is 4.30. The van der Waals surface area contributed by atoms with E-state index in [9.17, 15) is 0 Å². The van der Waals surface area contributed by atoms with Crippen LogP contribution in [0.1, 0.15) is 0 Å². The lowest BCUT2D eigenvalue weighted by Crippen LogP contribution is -2.01. The first-order valence-electron chi connectivity index (χ1n) is 8.15. The lowest BCUT2D eigenvalue weighted by molar-refractivity contribution is 0.415. The minimum Gasteiger partial charge on any atom is -0.497 e. The van der Waals surface area contributed by atoms with Crippen LogP contribution in [0.25, 0.3) is 39.3 Å². The van der Waals surface area contributed by atoms with Crippen LogP contribution in [0.3, 0.4) is 0 Å². The van der Waals surface area contributed by atoms with Crippen molar-refractivity contribution in [2.75, 3.05) is 7.11 Å². The molecule has 26 heavy (non-hydrogen) atoms. The van der Waals surface area contributed by atoms with Crippen molar-refractivity contribution in [3.05, 3.63) is 67.2 Å². The van der Waals surface area contributed by atoms with Gasteiger partial charge in [-0.25, -0.2) is 15.0 Å². The second-order valence-corrected chi connectivity index (χ2v) is 5.84. The van der Waals surface area contributed by atoms with E-state index in [0.717, 1.165) is 27.9 Å². The van der Waals surface area contributed by atoms with Gasteiger partial charge in [0, 0.05) is 11.6 Å². The SMILES string of the molecule is COc1cccc(-c2nc(-n3cnc4ccccc43)nc3ccoc23)c1. The maximum Gasteiger partial charge on any atom is 0.236 e. The number of nitrogens with zero attached hydrogens (tertiary/aromatic N) is 4. The molecule has 126 valence electrons. The average molecular weight is 342 g/mol. The van der Waals surface area contributed by atoms with E-state index in [1.54, 1.807) is 19.7 Å². The zero-order chi connectivity index (χ0) is 17.5. The molecule has 0 fully saturated rings. The van der Waals surface area contributed by atoms with Crippen LogP contribution in [0.4, 0.5) is 0 Å². The number of hydrogen-bond donors (Lipinski definition) is 0. The summed E-state index contributed by atoms with van der Waals surface area (Å²) < 4.78 is 12.9. The Morgan fingerprint density at radius 3 is 2.81 bits per heavy atom. The Kier molecular flexibility index (Phi) is 3.21. The maximum atomic E-state index is 5.65. The number of aromatic nitrogens is 4. The molecule has 0 aliphatic heterocycles. The van der Waals surface area contributed by atoms with Crippen LogP contribution >= 0.6 is 0 Å². The van der Waals surface area contributed by atoms with Gasteiger partial charge in [-0.05, 0) is 24.3 Å². The number of methoxy groups -OCH3 is 1. The van der Waals surface area contributed by atoms with Crippen molar-refractivity contribution in [1.29, 1.82) is 0 Å². The Morgan fingerprint density at radius 2 is 1.88 bits per heavy atom. The first-order chi connectivity index (χ1) is 12.8. The van der Waals surface area contributed by atoms with Crippen LogP contribution in [-0.4, -0.2) is 26.6 Å². The third kappa shape index (κ3) is 2.23. The largest absolute Gasteiger partial charge is 0.497 e. The highest BCUT2D eigenvalue weighted by molar-refractivity contribution is 5.88. The Hall–Kier alpha value is -3.67. The molecule has 5 rings (SSSR count). The molecule has 0 saturated carbocycles. The van der Waals surface area contributed by atoms with Gasteiger partial charge in [-0.2, -0.15) is 0 Å². The predicted molar refractivity (Wildman–Crippen MR) is 98.4 cm³/mol. The first kappa shape index (κ1) is 14.7. The van der Waals surface area contributed by atoms with Gasteiger partial charge >= 0.3 is 0 Å². The second kappa shape index (κ2) is 5.70. The van der Waals surface area contributed by atoms with Crippen LogP contribution < -0.4 is 4.74 Å². The molecule has 0 amide bonds. The van der Waals surface area contributed by atoms with Gasteiger partial charge in [0.2, 0.25) is 5.95 Å². The molecule has 0 unspecified atom stereocenters. The van der Waals surface area contributed by atoms with Crippen LogP contribution in [0.5, 0.6) is 5.75 Å². The number of ether oxygens (including phenoxy) is 1. The van der Waals surface area contributed by atoms with Gasteiger partial charge in [0.1, 0.15) is 23.3 Å². The summed E-state index contributed by atoms with van der Waals surface area (Å²) in [5.41, 5.74) is 4.85. The summed E-state index contributed by atoms with van der Waals surface area (Å²) in [5.74, 6) is 1.31. The van der Waals surface area contributed by atoms with E-state index in [-0.39, 0.29) is 0 Å². The van der Waals surface area contributed by atoms with Crippen LogP contribution in [0.2, 0.25) is 0 Å². The summed E-state index contributed by atoms with van der Waals surface area (Å²) >= 11 is 0. The molecule has 3 heterocycles. The molecule has 0 aliphatic rings. The van der Waals surface area contributed by atoms with Crippen molar-refractivity contribution in [3.63, 3.8) is 0 Å². The Labute approximate surface area is 148 Å². The topological polar surface area (TPSA) is 66.0 Å². The zero-order valence-corrected chi connectivity index (χ0v) is 14.0. The second-order valence-electron chi connectivity index (χ2n) is 5.84. The molecular weight excluding hydrogens is 328 g/mol. The fourth-order valence-corrected chi connectivity index (χ4v) is 3.04. The normalized spacial score (nSPS) is 11.3. The molecule has 0 aliphatic carbocycles. The molecule has 0 atom stereocenters. The van der Waals surface area contributed by atoms with Gasteiger partial charge in [0.15, 0.2) is 5.58 Å². The van der Waals surface area contributed by atoms with E-state index in [1.807, 2.05) is 59.2 Å². The summed E-state index contributed by atoms with van der Waals surface area (Å²) in [5, 5.41) is 0. The molecule has 3 aromatic heterocycles. The minimum atomic E-state index is 0.547. The fourth-order valence-electron chi connectivity index (χ4n) is 3.04. The summed E-state index contributed by atoms with van der Waals surface area (Å²) in [6.07, 6.45) is 3.36. The molecule has 0 radical (unpaired) electrons. The van der Waals surface area contributed by atoms with Crippen molar-refractivity contribution in [2.24, 2.45) is 0 Å². The van der Waals surface area contributed by atoms with E-state index >= 15 is 0 Å². The number of benzene rings is 2. The average Bonchev–Trinajstić information content (AvgIpc) is 3.34. The molecule has 6 heteroatoms. The summed E-state index contributed by atoms with van der Waals surface area (Å²) in [4.78, 5) is 13.8. The monoisotopic (exact) mass is 342 g/mol. The number of rotatable bonds is 3. The standard InChI is InChI=1S/C20H14N4O2/c1-25-14-6-4-5-13(11-14)18-19-16(9-10-26-19)22-20(23-18)24-12-21-15-7-2-3-8-17(15)24/h2-12H,1H3. The number of imidazole rings is 1. The molecule has 0 spiro atoms. The molecule has 6 nitrogen and oxygen atoms in total. The lowest BCUT2D eigenvalue weighted by Gasteiger charge is -2.08.